The summed E-state index contributed by atoms with van der Waals surface area (Å²) in [6.07, 6.45) is -1.08. The molecule has 0 aliphatic rings. The first-order chi connectivity index (χ1) is 11.6. The van der Waals surface area contributed by atoms with Gasteiger partial charge in [-0.1, -0.05) is 12.1 Å². The SMILES string of the molecule is COc1ccc(F)c([C@H](OC)C(=O)NCc2ccc(C#N)cc2)c1. The van der Waals surface area contributed by atoms with Gasteiger partial charge in [0.1, 0.15) is 11.6 Å². The molecule has 0 aliphatic heterocycles. The van der Waals surface area contributed by atoms with Crippen LogP contribution in [0.4, 0.5) is 4.39 Å². The number of hydrogen-bond acceptors (Lipinski definition) is 4. The third-order valence-electron chi connectivity index (χ3n) is 3.51. The Morgan fingerprint density at radius 3 is 2.54 bits per heavy atom. The van der Waals surface area contributed by atoms with Gasteiger partial charge in [-0.3, -0.25) is 4.79 Å². The van der Waals surface area contributed by atoms with Crippen LogP contribution in [0.25, 0.3) is 0 Å². The summed E-state index contributed by atoms with van der Waals surface area (Å²) in [7, 11) is 2.80. The maximum Gasteiger partial charge on any atom is 0.254 e. The summed E-state index contributed by atoms with van der Waals surface area (Å²) < 4.78 is 24.2. The number of nitrogens with one attached hydrogen (secondary N) is 1. The van der Waals surface area contributed by atoms with Gasteiger partial charge >= 0.3 is 0 Å². The zero-order valence-corrected chi connectivity index (χ0v) is 13.4. The van der Waals surface area contributed by atoms with Crippen molar-refractivity contribution in [3.05, 3.63) is 65.0 Å². The lowest BCUT2D eigenvalue weighted by atomic mass is 10.1. The second-order valence-electron chi connectivity index (χ2n) is 5.03. The van der Waals surface area contributed by atoms with Gasteiger partial charge in [0.15, 0.2) is 6.10 Å². The molecule has 0 unspecified atom stereocenters. The molecule has 0 aliphatic carbocycles. The van der Waals surface area contributed by atoms with Crippen LogP contribution in [0.3, 0.4) is 0 Å². The predicted octanol–water partition coefficient (Wildman–Crippen LogP) is 2.71. The standard InChI is InChI=1S/C18H17FN2O3/c1-23-14-7-8-16(19)15(9-14)17(24-2)18(22)21-11-13-5-3-12(10-20)4-6-13/h3-9,17H,11H2,1-2H3,(H,21,22)/t17-/m0/s1. The molecule has 1 amide bonds. The number of nitriles is 1. The van der Waals surface area contributed by atoms with Crippen LogP contribution in [0, 0.1) is 17.1 Å². The second kappa shape index (κ2) is 8.09. The average molecular weight is 328 g/mol. The van der Waals surface area contributed by atoms with Crippen molar-refractivity contribution in [3.63, 3.8) is 0 Å². The fourth-order valence-electron chi connectivity index (χ4n) is 2.20. The molecule has 0 bridgehead atoms. The van der Waals surface area contributed by atoms with Gasteiger partial charge in [0, 0.05) is 19.2 Å². The molecule has 2 aromatic carbocycles. The molecule has 0 aromatic heterocycles. The van der Waals surface area contributed by atoms with Crippen LogP contribution >= 0.6 is 0 Å². The average Bonchev–Trinajstić information content (AvgIpc) is 2.62. The Morgan fingerprint density at radius 1 is 1.25 bits per heavy atom. The summed E-state index contributed by atoms with van der Waals surface area (Å²) in [4.78, 5) is 12.3. The Morgan fingerprint density at radius 2 is 1.96 bits per heavy atom. The molecule has 0 saturated heterocycles. The summed E-state index contributed by atoms with van der Waals surface area (Å²) in [6, 6.07) is 13.0. The first-order valence-electron chi connectivity index (χ1n) is 7.22. The van der Waals surface area contributed by atoms with E-state index in [1.54, 1.807) is 24.3 Å². The predicted molar refractivity (Wildman–Crippen MR) is 85.7 cm³/mol. The van der Waals surface area contributed by atoms with Crippen molar-refractivity contribution in [3.8, 4) is 11.8 Å². The van der Waals surface area contributed by atoms with E-state index in [-0.39, 0.29) is 12.1 Å². The zero-order chi connectivity index (χ0) is 17.5. The quantitative estimate of drug-likeness (QED) is 0.885. The lowest BCUT2D eigenvalue weighted by Gasteiger charge is -2.17. The number of benzene rings is 2. The van der Waals surface area contributed by atoms with Gasteiger partial charge in [0.2, 0.25) is 0 Å². The number of methoxy groups -OCH3 is 2. The van der Waals surface area contributed by atoms with E-state index in [9.17, 15) is 9.18 Å². The van der Waals surface area contributed by atoms with Crippen molar-refractivity contribution in [1.29, 1.82) is 5.26 Å². The van der Waals surface area contributed by atoms with Gasteiger partial charge in [-0.2, -0.15) is 5.26 Å². The summed E-state index contributed by atoms with van der Waals surface area (Å²) >= 11 is 0. The van der Waals surface area contributed by atoms with Crippen LogP contribution < -0.4 is 10.1 Å². The highest BCUT2D eigenvalue weighted by atomic mass is 19.1. The van der Waals surface area contributed by atoms with E-state index in [2.05, 4.69) is 5.32 Å². The van der Waals surface area contributed by atoms with Crippen molar-refractivity contribution in [2.75, 3.05) is 14.2 Å². The summed E-state index contributed by atoms with van der Waals surface area (Å²) in [5, 5.41) is 11.5. The molecule has 6 heteroatoms. The van der Waals surface area contributed by atoms with Gasteiger partial charge in [0.25, 0.3) is 5.91 Å². The summed E-state index contributed by atoms with van der Waals surface area (Å²) in [5.74, 6) is -0.571. The van der Waals surface area contributed by atoms with Crippen molar-refractivity contribution >= 4 is 5.91 Å². The molecule has 1 N–H and O–H groups in total. The third kappa shape index (κ3) is 4.09. The van der Waals surface area contributed by atoms with E-state index in [1.807, 2.05) is 6.07 Å². The Hall–Kier alpha value is -2.91. The van der Waals surface area contributed by atoms with Gasteiger partial charge in [-0.15, -0.1) is 0 Å². The molecular formula is C18H17FN2O3. The van der Waals surface area contributed by atoms with E-state index in [1.165, 1.54) is 32.4 Å². The fraction of sp³-hybridized carbons (Fsp3) is 0.222. The minimum Gasteiger partial charge on any atom is -0.497 e. The van der Waals surface area contributed by atoms with Gasteiger partial charge in [0.05, 0.1) is 18.7 Å². The molecule has 0 spiro atoms. The Balaban J connectivity index is 2.10. The lowest BCUT2D eigenvalue weighted by Crippen LogP contribution is -2.30. The van der Waals surface area contributed by atoms with Crippen molar-refractivity contribution in [2.24, 2.45) is 0 Å². The first-order valence-corrected chi connectivity index (χ1v) is 7.22. The zero-order valence-electron chi connectivity index (χ0n) is 13.4. The van der Waals surface area contributed by atoms with Crippen LogP contribution in [-0.2, 0) is 16.1 Å². The minimum atomic E-state index is -1.08. The summed E-state index contributed by atoms with van der Waals surface area (Å²) in [5.41, 5.74) is 1.47. The van der Waals surface area contributed by atoms with E-state index in [0.717, 1.165) is 5.56 Å². The normalized spacial score (nSPS) is 11.4. The highest BCUT2D eigenvalue weighted by molar-refractivity contribution is 5.82. The molecule has 2 rings (SSSR count). The largest absolute Gasteiger partial charge is 0.497 e. The fourth-order valence-corrected chi connectivity index (χ4v) is 2.20. The number of halogens is 1. The van der Waals surface area contributed by atoms with Crippen LogP contribution in [0.1, 0.15) is 22.8 Å². The number of carbonyl (C=O) groups excluding carboxylic acids is 1. The highest BCUT2D eigenvalue weighted by Crippen LogP contribution is 2.25. The number of amides is 1. The number of rotatable bonds is 6. The van der Waals surface area contributed by atoms with Crippen LogP contribution in [0.15, 0.2) is 42.5 Å². The maximum absolute atomic E-state index is 14.0. The van der Waals surface area contributed by atoms with Gasteiger partial charge in [-0.25, -0.2) is 4.39 Å². The molecule has 124 valence electrons. The number of nitrogens with zero attached hydrogens (tertiary/aromatic N) is 1. The molecule has 0 saturated carbocycles. The van der Waals surface area contributed by atoms with E-state index >= 15 is 0 Å². The molecule has 0 fully saturated rings. The second-order valence-corrected chi connectivity index (χ2v) is 5.03. The van der Waals surface area contributed by atoms with E-state index in [4.69, 9.17) is 14.7 Å². The highest BCUT2D eigenvalue weighted by Gasteiger charge is 2.23. The Labute approximate surface area is 139 Å². The number of ether oxygens (including phenoxy) is 2. The number of carbonyl (C=O) groups is 1. The maximum atomic E-state index is 14.0. The Bertz CT molecular complexity index is 754. The monoisotopic (exact) mass is 328 g/mol. The molecule has 2 aromatic rings. The van der Waals surface area contributed by atoms with Crippen LogP contribution in [0.2, 0.25) is 0 Å². The molecular weight excluding hydrogens is 311 g/mol. The molecule has 24 heavy (non-hydrogen) atoms. The number of hydrogen-bond donors (Lipinski definition) is 1. The van der Waals surface area contributed by atoms with Gasteiger partial charge < -0.3 is 14.8 Å². The molecule has 1 atom stereocenters. The van der Waals surface area contributed by atoms with E-state index in [0.29, 0.717) is 11.3 Å². The van der Waals surface area contributed by atoms with Gasteiger partial charge in [-0.05, 0) is 35.9 Å². The van der Waals surface area contributed by atoms with Crippen molar-refractivity contribution in [1.82, 2.24) is 5.32 Å². The minimum absolute atomic E-state index is 0.106. The van der Waals surface area contributed by atoms with Crippen LogP contribution in [0.5, 0.6) is 5.75 Å². The smallest absolute Gasteiger partial charge is 0.254 e. The topological polar surface area (TPSA) is 71.3 Å². The van der Waals surface area contributed by atoms with Crippen molar-refractivity contribution in [2.45, 2.75) is 12.6 Å². The first kappa shape index (κ1) is 17.4. The lowest BCUT2D eigenvalue weighted by molar-refractivity contribution is -0.131. The van der Waals surface area contributed by atoms with Crippen LogP contribution in [-0.4, -0.2) is 20.1 Å². The molecule has 0 heterocycles. The Kier molecular flexibility index (Phi) is 5.88. The molecule has 0 radical (unpaired) electrons. The van der Waals surface area contributed by atoms with Crippen molar-refractivity contribution < 1.29 is 18.7 Å². The third-order valence-corrected chi connectivity index (χ3v) is 3.51. The molecule has 5 nitrogen and oxygen atoms in total. The summed E-state index contributed by atoms with van der Waals surface area (Å²) in [6.45, 7) is 0.246. The van der Waals surface area contributed by atoms with E-state index < -0.39 is 17.8 Å².